The molecule has 6 heteroatoms. The lowest BCUT2D eigenvalue weighted by atomic mass is 9.87. The molecule has 0 spiro atoms. The van der Waals surface area contributed by atoms with E-state index in [4.69, 9.17) is 0 Å². The number of benzene rings is 1. The largest absolute Gasteiger partial charge is 0.354 e. The van der Waals surface area contributed by atoms with Gasteiger partial charge in [0.05, 0.1) is 11.4 Å². The van der Waals surface area contributed by atoms with Crippen LogP contribution in [0.15, 0.2) is 36.7 Å². The van der Waals surface area contributed by atoms with Crippen molar-refractivity contribution in [3.8, 4) is 11.3 Å². The van der Waals surface area contributed by atoms with Crippen molar-refractivity contribution in [3.63, 3.8) is 0 Å². The van der Waals surface area contributed by atoms with Crippen molar-refractivity contribution in [1.29, 1.82) is 0 Å². The first-order chi connectivity index (χ1) is 15.9. The zero-order chi connectivity index (χ0) is 23.1. The van der Waals surface area contributed by atoms with Gasteiger partial charge in [-0.1, -0.05) is 25.1 Å². The van der Waals surface area contributed by atoms with Crippen LogP contribution in [-0.4, -0.2) is 43.0 Å². The quantitative estimate of drug-likeness (QED) is 0.445. The van der Waals surface area contributed by atoms with Gasteiger partial charge in [-0.05, 0) is 86.5 Å². The summed E-state index contributed by atoms with van der Waals surface area (Å²) in [6.07, 6.45) is 6.37. The average molecular weight is 443 g/mol. The fraction of sp³-hybridized carbons (Fsp3) is 0.444. The van der Waals surface area contributed by atoms with Crippen LogP contribution < -0.4 is 0 Å². The maximum absolute atomic E-state index is 4.48. The average Bonchev–Trinajstić information content (AvgIpc) is 3.38. The van der Waals surface area contributed by atoms with E-state index in [9.17, 15) is 0 Å². The number of likely N-dealkylation sites (tertiary alicyclic amines) is 1. The molecule has 5 rings (SSSR count). The van der Waals surface area contributed by atoms with E-state index in [1.165, 1.54) is 51.7 Å². The van der Waals surface area contributed by atoms with Crippen LogP contribution in [0.3, 0.4) is 0 Å². The summed E-state index contributed by atoms with van der Waals surface area (Å²) in [5.41, 5.74) is 9.95. The molecule has 0 amide bonds. The molecule has 0 atom stereocenters. The Labute approximate surface area is 196 Å². The first-order valence-corrected chi connectivity index (χ1v) is 12.1. The molecule has 0 saturated carbocycles. The van der Waals surface area contributed by atoms with Gasteiger partial charge in [0, 0.05) is 48.1 Å². The number of nitrogens with zero attached hydrogens (tertiary/aromatic N) is 5. The van der Waals surface area contributed by atoms with Gasteiger partial charge in [-0.2, -0.15) is 0 Å². The summed E-state index contributed by atoms with van der Waals surface area (Å²) in [6, 6.07) is 9.28. The fourth-order valence-electron chi connectivity index (χ4n) is 5.32. The van der Waals surface area contributed by atoms with Gasteiger partial charge in [-0.3, -0.25) is 14.6 Å². The van der Waals surface area contributed by atoms with Crippen molar-refractivity contribution in [2.24, 2.45) is 7.05 Å². The first kappa shape index (κ1) is 21.8. The number of fused-ring (bicyclic) bond motifs is 1. The smallest absolute Gasteiger partial charge is 0.0966 e. The molecular weight excluding hydrogens is 408 g/mol. The van der Waals surface area contributed by atoms with Crippen molar-refractivity contribution in [2.45, 2.75) is 58.9 Å². The third kappa shape index (κ3) is 4.32. The number of nitrogens with one attached hydrogen (secondary N) is 1. The maximum atomic E-state index is 4.48. The number of hydrogen-bond acceptors (Lipinski definition) is 4. The van der Waals surface area contributed by atoms with E-state index in [1.54, 1.807) is 4.68 Å². The SMILES string of the molecule is Cc1cc(-c2[nH]c3ccc(C4CCN(Cc5cn(C)nn5)CC4)cc3c2C(C)C)c(C)cn1. The Hall–Kier alpha value is -2.99. The highest BCUT2D eigenvalue weighted by Crippen LogP contribution is 2.39. The molecule has 0 unspecified atom stereocenters. The van der Waals surface area contributed by atoms with Gasteiger partial charge >= 0.3 is 0 Å². The second-order valence-corrected chi connectivity index (χ2v) is 9.95. The molecule has 0 aliphatic carbocycles. The minimum Gasteiger partial charge on any atom is -0.354 e. The minimum atomic E-state index is 0.436. The number of H-pyrrole nitrogens is 1. The van der Waals surface area contributed by atoms with Crippen LogP contribution in [0.4, 0.5) is 0 Å². The summed E-state index contributed by atoms with van der Waals surface area (Å²) in [7, 11) is 1.92. The van der Waals surface area contributed by atoms with Gasteiger partial charge in [0.25, 0.3) is 0 Å². The Kier molecular flexibility index (Phi) is 5.79. The van der Waals surface area contributed by atoms with Crippen LogP contribution >= 0.6 is 0 Å². The normalized spacial score (nSPS) is 15.7. The van der Waals surface area contributed by atoms with Crippen LogP contribution in [0, 0.1) is 13.8 Å². The molecule has 1 fully saturated rings. The predicted octanol–water partition coefficient (Wildman–Crippen LogP) is 5.48. The van der Waals surface area contributed by atoms with Crippen molar-refractivity contribution in [3.05, 3.63) is 64.7 Å². The zero-order valence-electron chi connectivity index (χ0n) is 20.4. The number of aromatic amines is 1. The predicted molar refractivity (Wildman–Crippen MR) is 133 cm³/mol. The van der Waals surface area contributed by atoms with Crippen LogP contribution in [0.2, 0.25) is 0 Å². The molecule has 172 valence electrons. The molecule has 1 aliphatic rings. The summed E-state index contributed by atoms with van der Waals surface area (Å²) in [4.78, 5) is 10.7. The van der Waals surface area contributed by atoms with Gasteiger partial charge in [0.2, 0.25) is 0 Å². The standard InChI is InChI=1S/C27H34N6/c1-17(2)26-24-13-21(20-8-10-33(11-9-20)16-22-15-32(5)31-30-22)6-7-25(24)29-27(26)23-12-19(4)28-14-18(23)3/h6-7,12-15,17,20,29H,8-11,16H2,1-5H3. The van der Waals surface area contributed by atoms with Crippen molar-refractivity contribution >= 4 is 10.9 Å². The second-order valence-electron chi connectivity index (χ2n) is 9.95. The van der Waals surface area contributed by atoms with Gasteiger partial charge in [0.1, 0.15) is 0 Å². The molecule has 1 aliphatic heterocycles. The monoisotopic (exact) mass is 442 g/mol. The summed E-state index contributed by atoms with van der Waals surface area (Å²) in [5.74, 6) is 1.04. The lowest BCUT2D eigenvalue weighted by molar-refractivity contribution is 0.202. The maximum Gasteiger partial charge on any atom is 0.0966 e. The van der Waals surface area contributed by atoms with Crippen LogP contribution in [0.25, 0.3) is 22.2 Å². The Morgan fingerprint density at radius 1 is 1.12 bits per heavy atom. The lowest BCUT2D eigenvalue weighted by Gasteiger charge is -2.31. The number of hydrogen-bond donors (Lipinski definition) is 1. The molecule has 33 heavy (non-hydrogen) atoms. The molecule has 1 aromatic carbocycles. The number of piperidine rings is 1. The molecule has 4 aromatic rings. The van der Waals surface area contributed by atoms with Crippen LogP contribution in [0.5, 0.6) is 0 Å². The molecule has 0 radical (unpaired) electrons. The Bertz CT molecular complexity index is 1270. The number of aryl methyl sites for hydroxylation is 3. The Balaban J connectivity index is 1.41. The summed E-state index contributed by atoms with van der Waals surface area (Å²) >= 11 is 0. The van der Waals surface area contributed by atoms with E-state index in [0.717, 1.165) is 31.0 Å². The lowest BCUT2D eigenvalue weighted by Crippen LogP contribution is -2.32. The van der Waals surface area contributed by atoms with E-state index < -0.39 is 0 Å². The van der Waals surface area contributed by atoms with E-state index in [0.29, 0.717) is 11.8 Å². The van der Waals surface area contributed by atoms with Crippen LogP contribution in [0.1, 0.15) is 66.6 Å². The Morgan fingerprint density at radius 3 is 2.61 bits per heavy atom. The summed E-state index contributed by atoms with van der Waals surface area (Å²) in [6.45, 7) is 11.9. The van der Waals surface area contributed by atoms with Crippen molar-refractivity contribution < 1.29 is 0 Å². The zero-order valence-corrected chi connectivity index (χ0v) is 20.4. The first-order valence-electron chi connectivity index (χ1n) is 12.1. The molecule has 3 aromatic heterocycles. The molecule has 1 N–H and O–H groups in total. The summed E-state index contributed by atoms with van der Waals surface area (Å²) in [5, 5.41) is 9.68. The van der Waals surface area contributed by atoms with E-state index in [-0.39, 0.29) is 0 Å². The van der Waals surface area contributed by atoms with Gasteiger partial charge in [-0.25, -0.2) is 0 Å². The van der Waals surface area contributed by atoms with Gasteiger partial charge in [-0.15, -0.1) is 5.10 Å². The third-order valence-corrected chi connectivity index (χ3v) is 7.04. The highest BCUT2D eigenvalue weighted by molar-refractivity contribution is 5.92. The van der Waals surface area contributed by atoms with E-state index in [1.807, 2.05) is 19.4 Å². The molecule has 6 nitrogen and oxygen atoms in total. The number of pyridine rings is 1. The molecular formula is C27H34N6. The van der Waals surface area contributed by atoms with E-state index >= 15 is 0 Å². The molecule has 4 heterocycles. The van der Waals surface area contributed by atoms with Crippen molar-refractivity contribution in [2.75, 3.05) is 13.1 Å². The number of rotatable bonds is 5. The van der Waals surface area contributed by atoms with Crippen molar-refractivity contribution in [1.82, 2.24) is 29.9 Å². The van der Waals surface area contributed by atoms with Crippen LogP contribution in [-0.2, 0) is 13.6 Å². The highest BCUT2D eigenvalue weighted by atomic mass is 15.4. The second kappa shape index (κ2) is 8.75. The number of aromatic nitrogens is 5. The summed E-state index contributed by atoms with van der Waals surface area (Å²) < 4.78 is 1.78. The highest BCUT2D eigenvalue weighted by Gasteiger charge is 2.23. The Morgan fingerprint density at radius 2 is 1.91 bits per heavy atom. The molecule has 0 bridgehead atoms. The topological polar surface area (TPSA) is 62.6 Å². The van der Waals surface area contributed by atoms with Gasteiger partial charge < -0.3 is 4.98 Å². The third-order valence-electron chi connectivity index (χ3n) is 7.04. The minimum absolute atomic E-state index is 0.436. The molecule has 1 saturated heterocycles. The van der Waals surface area contributed by atoms with Gasteiger partial charge in [0.15, 0.2) is 0 Å². The fourth-order valence-corrected chi connectivity index (χ4v) is 5.32. The van der Waals surface area contributed by atoms with E-state index in [2.05, 4.69) is 77.1 Å².